The van der Waals surface area contributed by atoms with Crippen LogP contribution in [0.15, 0.2) is 24.3 Å². The van der Waals surface area contributed by atoms with E-state index < -0.39 is 29.8 Å². The highest BCUT2D eigenvalue weighted by molar-refractivity contribution is 5.90. The van der Waals surface area contributed by atoms with E-state index in [1.54, 1.807) is 11.0 Å². The molecule has 8 heteroatoms. The quantitative estimate of drug-likeness (QED) is 0.695. The van der Waals surface area contributed by atoms with Gasteiger partial charge in [-0.3, -0.25) is 25.2 Å². The van der Waals surface area contributed by atoms with Gasteiger partial charge in [-0.25, -0.2) is 4.39 Å². The zero-order valence-electron chi connectivity index (χ0n) is 16.5. The van der Waals surface area contributed by atoms with E-state index >= 15 is 0 Å². The number of ether oxygens (including phenoxy) is 1. The van der Waals surface area contributed by atoms with Crippen LogP contribution in [0.3, 0.4) is 0 Å². The van der Waals surface area contributed by atoms with E-state index in [9.17, 15) is 18.8 Å². The Morgan fingerprint density at radius 1 is 1.14 bits per heavy atom. The molecule has 1 fully saturated rings. The van der Waals surface area contributed by atoms with Gasteiger partial charge in [0, 0.05) is 13.0 Å². The molecule has 28 heavy (non-hydrogen) atoms. The van der Waals surface area contributed by atoms with Crippen LogP contribution in [-0.4, -0.2) is 41.3 Å². The number of benzene rings is 1. The van der Waals surface area contributed by atoms with Crippen LogP contribution in [0, 0.1) is 11.7 Å². The maximum absolute atomic E-state index is 13.6. The van der Waals surface area contributed by atoms with Crippen molar-refractivity contribution in [2.24, 2.45) is 5.92 Å². The summed E-state index contributed by atoms with van der Waals surface area (Å²) in [5.74, 6) is -1.54. The van der Waals surface area contributed by atoms with Gasteiger partial charge in [-0.2, -0.15) is 0 Å². The van der Waals surface area contributed by atoms with Crippen molar-refractivity contribution in [1.29, 1.82) is 0 Å². The number of hydrogen-bond acceptors (Lipinski definition) is 4. The number of para-hydroxylation sites is 1. The van der Waals surface area contributed by atoms with Crippen LogP contribution < -0.4 is 15.6 Å². The Kier molecular flexibility index (Phi) is 7.78. The van der Waals surface area contributed by atoms with E-state index in [0.29, 0.717) is 19.4 Å². The van der Waals surface area contributed by atoms with Gasteiger partial charge in [0.2, 0.25) is 5.91 Å². The number of amides is 3. The lowest BCUT2D eigenvalue weighted by Gasteiger charge is -2.34. The lowest BCUT2D eigenvalue weighted by molar-refractivity contribution is -0.144. The molecule has 1 aromatic rings. The first-order chi connectivity index (χ1) is 13.3. The van der Waals surface area contributed by atoms with Gasteiger partial charge in [0.15, 0.2) is 17.7 Å². The molecule has 0 aromatic heterocycles. The second-order valence-corrected chi connectivity index (χ2v) is 7.36. The molecule has 0 aliphatic carbocycles. The highest BCUT2D eigenvalue weighted by atomic mass is 19.1. The Morgan fingerprint density at radius 3 is 2.46 bits per heavy atom. The average molecular weight is 393 g/mol. The summed E-state index contributed by atoms with van der Waals surface area (Å²) in [5.41, 5.74) is 4.69. The van der Waals surface area contributed by atoms with Crippen LogP contribution in [0.25, 0.3) is 0 Å². The van der Waals surface area contributed by atoms with Crippen LogP contribution in [0.4, 0.5) is 4.39 Å². The van der Waals surface area contributed by atoms with Gasteiger partial charge in [-0.15, -0.1) is 0 Å². The van der Waals surface area contributed by atoms with E-state index in [1.807, 2.05) is 13.8 Å². The van der Waals surface area contributed by atoms with E-state index in [0.717, 1.165) is 12.8 Å². The molecule has 1 saturated heterocycles. The van der Waals surface area contributed by atoms with Crippen LogP contribution in [0.5, 0.6) is 5.75 Å². The molecule has 1 aliphatic rings. The zero-order chi connectivity index (χ0) is 20.7. The molecule has 154 valence electrons. The first-order valence-corrected chi connectivity index (χ1v) is 9.60. The van der Waals surface area contributed by atoms with Gasteiger partial charge < -0.3 is 9.64 Å². The van der Waals surface area contributed by atoms with Gasteiger partial charge in [-0.05, 0) is 44.2 Å². The van der Waals surface area contributed by atoms with Gasteiger partial charge in [0.25, 0.3) is 11.8 Å². The molecule has 1 aliphatic heterocycles. The number of nitrogens with one attached hydrogen (secondary N) is 2. The summed E-state index contributed by atoms with van der Waals surface area (Å²) in [6.07, 6.45) is 1.59. The monoisotopic (exact) mass is 393 g/mol. The maximum atomic E-state index is 13.6. The van der Waals surface area contributed by atoms with E-state index in [4.69, 9.17) is 4.74 Å². The third kappa shape index (κ3) is 5.94. The Bertz CT molecular complexity index is 710. The predicted molar refractivity (Wildman–Crippen MR) is 102 cm³/mol. The van der Waals surface area contributed by atoms with Crippen LogP contribution in [0.2, 0.25) is 0 Å². The fraction of sp³-hybridized carbons (Fsp3) is 0.550. The summed E-state index contributed by atoms with van der Waals surface area (Å²) in [6, 6.07) is 5.11. The summed E-state index contributed by atoms with van der Waals surface area (Å²) < 4.78 is 18.9. The van der Waals surface area contributed by atoms with Crippen molar-refractivity contribution in [3.63, 3.8) is 0 Å². The minimum atomic E-state index is -1.02. The third-order valence-electron chi connectivity index (χ3n) is 4.55. The maximum Gasteiger partial charge on any atom is 0.279 e. The number of carbonyl (C=O) groups is 3. The van der Waals surface area contributed by atoms with Crippen LogP contribution in [0.1, 0.15) is 46.5 Å². The van der Waals surface area contributed by atoms with Gasteiger partial charge >= 0.3 is 0 Å². The molecule has 2 N–H and O–H groups in total. The average Bonchev–Trinajstić information content (AvgIpc) is 2.66. The first-order valence-electron chi connectivity index (χ1n) is 9.60. The van der Waals surface area contributed by atoms with Crippen molar-refractivity contribution in [2.45, 2.75) is 58.6 Å². The van der Waals surface area contributed by atoms with Crippen molar-refractivity contribution in [2.75, 3.05) is 6.54 Å². The standard InChI is InChI=1S/C20H28FN3O4/c1-13(2)12-16(24-11-7-6-10-18(24)25)20(27)23-22-19(26)14(3)28-17-9-5-4-8-15(17)21/h4-5,8-9,13-14,16H,6-7,10-12H2,1-3H3,(H,22,26)(H,23,27)/t14-,16-/m0/s1. The topological polar surface area (TPSA) is 87.7 Å². The minimum absolute atomic E-state index is 0.0466. The molecule has 0 radical (unpaired) electrons. The molecule has 3 amide bonds. The molecule has 0 saturated carbocycles. The fourth-order valence-corrected chi connectivity index (χ4v) is 3.07. The molecular formula is C20H28FN3O4. The van der Waals surface area contributed by atoms with E-state index in [2.05, 4.69) is 10.9 Å². The number of nitrogens with zero attached hydrogens (tertiary/aromatic N) is 1. The van der Waals surface area contributed by atoms with Crippen LogP contribution >= 0.6 is 0 Å². The Morgan fingerprint density at radius 2 is 1.82 bits per heavy atom. The van der Waals surface area contributed by atoms with Gasteiger partial charge in [0.1, 0.15) is 6.04 Å². The molecule has 1 heterocycles. The second-order valence-electron chi connectivity index (χ2n) is 7.36. The molecule has 0 spiro atoms. The number of likely N-dealkylation sites (tertiary alicyclic amines) is 1. The minimum Gasteiger partial charge on any atom is -0.478 e. The van der Waals surface area contributed by atoms with Crippen molar-refractivity contribution in [3.05, 3.63) is 30.1 Å². The molecule has 1 aromatic carbocycles. The molecule has 0 unspecified atom stereocenters. The highest BCUT2D eigenvalue weighted by Gasteiger charge is 2.32. The van der Waals surface area contributed by atoms with Crippen LogP contribution in [-0.2, 0) is 14.4 Å². The van der Waals surface area contributed by atoms with E-state index in [-0.39, 0.29) is 17.6 Å². The molecule has 2 atom stereocenters. The Balaban J connectivity index is 1.94. The number of carbonyl (C=O) groups excluding carboxylic acids is 3. The Labute approximate surface area is 164 Å². The summed E-state index contributed by atoms with van der Waals surface area (Å²) in [7, 11) is 0. The summed E-state index contributed by atoms with van der Waals surface area (Å²) >= 11 is 0. The van der Waals surface area contributed by atoms with Crippen molar-refractivity contribution in [1.82, 2.24) is 15.8 Å². The number of rotatable bonds is 7. The van der Waals surface area contributed by atoms with Gasteiger partial charge in [0.05, 0.1) is 0 Å². The SMILES string of the molecule is CC(C)C[C@@H](C(=O)NNC(=O)[C@H](C)Oc1ccccc1F)N1CCCCC1=O. The largest absolute Gasteiger partial charge is 0.478 e. The fourth-order valence-electron chi connectivity index (χ4n) is 3.07. The summed E-state index contributed by atoms with van der Waals surface area (Å²) in [6.45, 7) is 5.92. The Hall–Kier alpha value is -2.64. The summed E-state index contributed by atoms with van der Waals surface area (Å²) in [4.78, 5) is 38.6. The number of piperidine rings is 1. The molecule has 0 bridgehead atoms. The predicted octanol–water partition coefficient (Wildman–Crippen LogP) is 2.17. The van der Waals surface area contributed by atoms with Crippen molar-refractivity contribution < 1.29 is 23.5 Å². The normalized spacial score (nSPS) is 16.5. The van der Waals surface area contributed by atoms with E-state index in [1.165, 1.54) is 25.1 Å². The lowest BCUT2D eigenvalue weighted by atomic mass is 9.99. The molecule has 7 nitrogen and oxygen atoms in total. The third-order valence-corrected chi connectivity index (χ3v) is 4.55. The first kappa shape index (κ1) is 21.7. The second kappa shape index (κ2) is 10.1. The van der Waals surface area contributed by atoms with Gasteiger partial charge in [-0.1, -0.05) is 26.0 Å². The van der Waals surface area contributed by atoms with Crippen molar-refractivity contribution >= 4 is 17.7 Å². The number of hydrogen-bond donors (Lipinski definition) is 2. The zero-order valence-corrected chi connectivity index (χ0v) is 16.5. The summed E-state index contributed by atoms with van der Waals surface area (Å²) in [5, 5.41) is 0. The number of halogens is 1. The smallest absolute Gasteiger partial charge is 0.279 e. The highest BCUT2D eigenvalue weighted by Crippen LogP contribution is 2.19. The molecular weight excluding hydrogens is 365 g/mol. The van der Waals surface area contributed by atoms with Crippen molar-refractivity contribution in [3.8, 4) is 5.75 Å². The molecule has 2 rings (SSSR count). The lowest BCUT2D eigenvalue weighted by Crippen LogP contribution is -2.56. The number of hydrazine groups is 1.